The largest absolute Gasteiger partial charge is 0.462 e. The lowest BCUT2D eigenvalue weighted by Gasteiger charge is -2.18. The van der Waals surface area contributed by atoms with Crippen molar-refractivity contribution in [1.29, 1.82) is 0 Å². The maximum atomic E-state index is 12.9. The molecule has 0 spiro atoms. The number of hydrogen-bond acceptors (Lipinski definition) is 6. The van der Waals surface area contributed by atoms with E-state index in [4.69, 9.17) is 14.2 Å². The lowest BCUT2D eigenvalue weighted by molar-refractivity contribution is -0.167. The molecule has 0 rings (SSSR count). The lowest BCUT2D eigenvalue weighted by Crippen LogP contribution is -2.30. The second-order valence-corrected chi connectivity index (χ2v) is 22.7. The molecule has 452 valence electrons. The molecule has 0 amide bonds. The number of carbonyl (C=O) groups excluding carboxylic acids is 3. The highest BCUT2D eigenvalue weighted by Gasteiger charge is 2.19. The maximum absolute atomic E-state index is 12.9. The molecule has 0 aromatic carbocycles. The summed E-state index contributed by atoms with van der Waals surface area (Å²) in [5, 5.41) is 0. The van der Waals surface area contributed by atoms with Gasteiger partial charge in [0.15, 0.2) is 6.10 Å². The molecule has 6 nitrogen and oxygen atoms in total. The highest BCUT2D eigenvalue weighted by atomic mass is 16.6. The first-order valence-electron chi connectivity index (χ1n) is 33.9. The van der Waals surface area contributed by atoms with Crippen LogP contribution >= 0.6 is 0 Å². The third kappa shape index (κ3) is 63.7. The molecule has 0 aliphatic carbocycles. The van der Waals surface area contributed by atoms with E-state index in [0.29, 0.717) is 19.3 Å². The van der Waals surface area contributed by atoms with Crippen LogP contribution in [0, 0.1) is 0 Å². The van der Waals surface area contributed by atoms with E-state index < -0.39 is 6.10 Å². The zero-order chi connectivity index (χ0) is 56.4. The minimum absolute atomic E-state index is 0.0763. The average Bonchev–Trinajstić information content (AvgIpc) is 3.44. The highest BCUT2D eigenvalue weighted by molar-refractivity contribution is 5.71. The normalized spacial score (nSPS) is 12.5. The molecule has 78 heavy (non-hydrogen) atoms. The van der Waals surface area contributed by atoms with Gasteiger partial charge in [0.2, 0.25) is 0 Å². The minimum Gasteiger partial charge on any atom is -0.462 e. The number of rotatable bonds is 62. The van der Waals surface area contributed by atoms with Crippen LogP contribution in [-0.2, 0) is 28.6 Å². The molecule has 0 saturated carbocycles. The standard InChI is InChI=1S/C72H128O6/c1-4-7-10-13-16-19-22-25-27-29-31-32-33-34-35-36-37-38-39-40-41-43-44-47-50-53-56-59-62-65-71(74)77-68-69(67-76-70(73)64-61-58-55-52-49-46-24-21-18-15-12-9-6-3)78-72(75)66-63-60-57-54-51-48-45-42-30-28-26-23-20-17-14-11-8-5-2/h7,10,16,19,21,24-25,27-28,30-32,69H,4-6,8-9,11-15,17-18,20,22-23,26,29,33-68H2,1-3H3/b10-7-,19-16-,24-21-,27-25-,30-28-,32-31-. The number of allylic oxidation sites excluding steroid dienone is 12. The molecule has 0 radical (unpaired) electrons. The molecule has 0 fully saturated rings. The van der Waals surface area contributed by atoms with E-state index in [0.717, 1.165) is 89.9 Å². The number of esters is 3. The van der Waals surface area contributed by atoms with Crippen LogP contribution in [0.15, 0.2) is 72.9 Å². The minimum atomic E-state index is -0.780. The second-order valence-electron chi connectivity index (χ2n) is 22.7. The van der Waals surface area contributed by atoms with Crippen molar-refractivity contribution < 1.29 is 28.6 Å². The van der Waals surface area contributed by atoms with Gasteiger partial charge in [0, 0.05) is 19.3 Å². The summed E-state index contributed by atoms with van der Waals surface area (Å²) in [5.74, 6) is -0.871. The van der Waals surface area contributed by atoms with Gasteiger partial charge in [-0.15, -0.1) is 0 Å². The Bertz CT molecular complexity index is 1440. The third-order valence-electron chi connectivity index (χ3n) is 14.9. The number of hydrogen-bond donors (Lipinski definition) is 0. The van der Waals surface area contributed by atoms with Crippen LogP contribution in [0.3, 0.4) is 0 Å². The van der Waals surface area contributed by atoms with Gasteiger partial charge in [0.1, 0.15) is 13.2 Å². The van der Waals surface area contributed by atoms with Crippen molar-refractivity contribution in [2.45, 2.75) is 354 Å². The number of unbranched alkanes of at least 4 members (excludes halogenated alkanes) is 39. The van der Waals surface area contributed by atoms with Gasteiger partial charge in [-0.25, -0.2) is 0 Å². The monoisotopic (exact) mass is 1090 g/mol. The van der Waals surface area contributed by atoms with Crippen LogP contribution in [0.25, 0.3) is 0 Å². The van der Waals surface area contributed by atoms with E-state index in [1.54, 1.807) is 0 Å². The van der Waals surface area contributed by atoms with E-state index in [2.05, 4.69) is 93.7 Å². The smallest absolute Gasteiger partial charge is 0.306 e. The van der Waals surface area contributed by atoms with Gasteiger partial charge in [0.25, 0.3) is 0 Å². The van der Waals surface area contributed by atoms with Crippen molar-refractivity contribution in [3.05, 3.63) is 72.9 Å². The van der Waals surface area contributed by atoms with Crippen molar-refractivity contribution in [2.24, 2.45) is 0 Å². The van der Waals surface area contributed by atoms with Gasteiger partial charge in [-0.3, -0.25) is 14.4 Å². The van der Waals surface area contributed by atoms with Crippen LogP contribution in [0.5, 0.6) is 0 Å². The Morgan fingerprint density at radius 3 is 0.808 bits per heavy atom. The summed E-state index contributed by atoms with van der Waals surface area (Å²) in [5.41, 5.74) is 0. The van der Waals surface area contributed by atoms with Gasteiger partial charge in [0.05, 0.1) is 0 Å². The molecule has 0 heterocycles. The first-order valence-corrected chi connectivity index (χ1v) is 33.9. The van der Waals surface area contributed by atoms with Crippen LogP contribution < -0.4 is 0 Å². The summed E-state index contributed by atoms with van der Waals surface area (Å²) in [6, 6.07) is 0. The Morgan fingerprint density at radius 1 is 0.269 bits per heavy atom. The Hall–Kier alpha value is -3.15. The summed E-state index contributed by atoms with van der Waals surface area (Å²) in [7, 11) is 0. The van der Waals surface area contributed by atoms with Crippen molar-refractivity contribution in [3.63, 3.8) is 0 Å². The quantitative estimate of drug-likeness (QED) is 0.0261. The second kappa shape index (κ2) is 66.4. The highest BCUT2D eigenvalue weighted by Crippen LogP contribution is 2.17. The van der Waals surface area contributed by atoms with Gasteiger partial charge in [-0.05, 0) is 109 Å². The molecular weight excluding hydrogens is 961 g/mol. The molecule has 0 aliphatic rings. The predicted octanol–water partition coefficient (Wildman–Crippen LogP) is 23.3. The van der Waals surface area contributed by atoms with Crippen molar-refractivity contribution in [3.8, 4) is 0 Å². The topological polar surface area (TPSA) is 78.9 Å². The molecule has 1 unspecified atom stereocenters. The molecule has 0 N–H and O–H groups in total. The van der Waals surface area contributed by atoms with E-state index in [-0.39, 0.29) is 31.1 Å². The summed E-state index contributed by atoms with van der Waals surface area (Å²) in [6.45, 7) is 6.54. The summed E-state index contributed by atoms with van der Waals surface area (Å²) in [6.07, 6.45) is 86.4. The molecule has 6 heteroatoms. The Balaban J connectivity index is 4.22. The Kier molecular flexibility index (Phi) is 63.7. The van der Waals surface area contributed by atoms with E-state index in [9.17, 15) is 14.4 Å². The summed E-state index contributed by atoms with van der Waals surface area (Å²) in [4.78, 5) is 38.3. The van der Waals surface area contributed by atoms with Gasteiger partial charge in [-0.2, -0.15) is 0 Å². The van der Waals surface area contributed by atoms with Crippen LogP contribution in [0.4, 0.5) is 0 Å². The Labute approximate surface area is 484 Å². The first-order chi connectivity index (χ1) is 38.5. The fourth-order valence-electron chi connectivity index (χ4n) is 9.84. The molecule has 0 saturated heterocycles. The molecule has 0 bridgehead atoms. The van der Waals surface area contributed by atoms with Crippen molar-refractivity contribution in [2.75, 3.05) is 13.2 Å². The number of ether oxygens (including phenoxy) is 3. The maximum Gasteiger partial charge on any atom is 0.306 e. The number of carbonyl (C=O) groups is 3. The molecule has 0 aliphatic heterocycles. The summed E-state index contributed by atoms with van der Waals surface area (Å²) >= 11 is 0. The third-order valence-corrected chi connectivity index (χ3v) is 14.9. The van der Waals surface area contributed by atoms with E-state index in [1.807, 2.05) is 0 Å². The van der Waals surface area contributed by atoms with Gasteiger partial charge < -0.3 is 14.2 Å². The fraction of sp³-hybridized carbons (Fsp3) is 0.792. The van der Waals surface area contributed by atoms with Crippen molar-refractivity contribution >= 4 is 17.9 Å². The molecule has 0 aromatic heterocycles. The zero-order valence-electron chi connectivity index (χ0n) is 51.9. The predicted molar refractivity (Wildman–Crippen MR) is 339 cm³/mol. The summed E-state index contributed by atoms with van der Waals surface area (Å²) < 4.78 is 16.9. The van der Waals surface area contributed by atoms with Gasteiger partial charge >= 0.3 is 17.9 Å². The molecule has 1 atom stereocenters. The van der Waals surface area contributed by atoms with Crippen LogP contribution in [0.1, 0.15) is 348 Å². The zero-order valence-corrected chi connectivity index (χ0v) is 51.9. The van der Waals surface area contributed by atoms with E-state index >= 15 is 0 Å². The lowest BCUT2D eigenvalue weighted by atomic mass is 10.0. The van der Waals surface area contributed by atoms with E-state index in [1.165, 1.54) is 218 Å². The SMILES string of the molecule is CC/C=C\C/C=C\C/C=C\C/C=C\CCCCCCCCCCCCCCCCCCC(=O)OCC(COC(=O)CCCCCCC/C=C\CCCCCC)OC(=O)CCCCCCCCC/C=C\CCCCCCCCC. The Morgan fingerprint density at radius 2 is 0.500 bits per heavy atom. The van der Waals surface area contributed by atoms with Crippen molar-refractivity contribution in [1.82, 2.24) is 0 Å². The molecule has 0 aromatic rings. The fourth-order valence-corrected chi connectivity index (χ4v) is 9.84. The average molecular weight is 1090 g/mol. The molecular formula is C72H128O6. The van der Waals surface area contributed by atoms with Crippen LogP contribution in [-0.4, -0.2) is 37.2 Å². The van der Waals surface area contributed by atoms with Crippen LogP contribution in [0.2, 0.25) is 0 Å². The van der Waals surface area contributed by atoms with Gasteiger partial charge in [-0.1, -0.05) is 293 Å². The first kappa shape index (κ1) is 74.8.